The van der Waals surface area contributed by atoms with E-state index in [1.165, 1.54) is 0 Å². The molecular formula is C9H15N3O. The van der Waals surface area contributed by atoms with Crippen LogP contribution in [0, 0.1) is 0 Å². The third-order valence-electron chi connectivity index (χ3n) is 2.81. The summed E-state index contributed by atoms with van der Waals surface area (Å²) in [6, 6.07) is 0.699. The largest absolute Gasteiger partial charge is 0.328 e. The summed E-state index contributed by atoms with van der Waals surface area (Å²) in [5.41, 5.74) is 5.79. The molecule has 1 aliphatic rings. The van der Waals surface area contributed by atoms with Gasteiger partial charge in [0.25, 0.3) is 0 Å². The van der Waals surface area contributed by atoms with Gasteiger partial charge < -0.3 is 10.7 Å². The second-order valence-electron chi connectivity index (χ2n) is 3.74. The number of hydrogen-bond acceptors (Lipinski definition) is 2. The maximum Gasteiger partial charge on any atom is 0.325 e. The minimum absolute atomic E-state index is 0.000437. The lowest BCUT2D eigenvalue weighted by Gasteiger charge is -2.26. The van der Waals surface area contributed by atoms with Gasteiger partial charge in [0.1, 0.15) is 0 Å². The summed E-state index contributed by atoms with van der Waals surface area (Å²) in [6.07, 6.45) is 7.63. The van der Waals surface area contributed by atoms with Gasteiger partial charge in [0, 0.05) is 24.5 Å². The van der Waals surface area contributed by atoms with E-state index < -0.39 is 0 Å². The fourth-order valence-electron chi connectivity index (χ4n) is 2.00. The van der Waals surface area contributed by atoms with Crippen LogP contribution in [0.2, 0.25) is 0 Å². The maximum absolute atomic E-state index is 11.3. The Labute approximate surface area is 76.8 Å². The van der Waals surface area contributed by atoms with Crippen LogP contribution < -0.4 is 11.4 Å². The fourth-order valence-corrected chi connectivity index (χ4v) is 2.00. The Morgan fingerprint density at radius 3 is 2.62 bits per heavy atom. The predicted molar refractivity (Wildman–Crippen MR) is 50.5 cm³/mol. The SMILES string of the molecule is NC1CCC(n2cc[nH]c2=O)CC1. The molecule has 0 amide bonds. The van der Waals surface area contributed by atoms with Crippen molar-refractivity contribution in [1.29, 1.82) is 0 Å². The van der Waals surface area contributed by atoms with Gasteiger partial charge in [-0.05, 0) is 25.7 Å². The standard InChI is InChI=1S/C9H15N3O/c10-7-1-3-8(4-2-7)12-6-5-11-9(12)13/h5-8H,1-4,10H2,(H,11,13). The average Bonchev–Trinajstić information content (AvgIpc) is 2.53. The summed E-state index contributed by atoms with van der Waals surface area (Å²) in [7, 11) is 0. The van der Waals surface area contributed by atoms with Gasteiger partial charge in [-0.1, -0.05) is 0 Å². The Balaban J connectivity index is 2.11. The van der Waals surface area contributed by atoms with Crippen molar-refractivity contribution in [2.45, 2.75) is 37.8 Å². The highest BCUT2D eigenvalue weighted by Gasteiger charge is 2.20. The van der Waals surface area contributed by atoms with E-state index in [2.05, 4.69) is 4.98 Å². The molecule has 4 heteroatoms. The summed E-state index contributed by atoms with van der Waals surface area (Å²) in [6.45, 7) is 0. The van der Waals surface area contributed by atoms with Crippen LogP contribution in [0.3, 0.4) is 0 Å². The van der Waals surface area contributed by atoms with E-state index in [1.807, 2.05) is 6.20 Å². The first-order valence-corrected chi connectivity index (χ1v) is 4.78. The molecule has 0 atom stereocenters. The summed E-state index contributed by atoms with van der Waals surface area (Å²) < 4.78 is 1.78. The topological polar surface area (TPSA) is 63.8 Å². The van der Waals surface area contributed by atoms with Crippen LogP contribution in [0.5, 0.6) is 0 Å². The zero-order valence-electron chi connectivity index (χ0n) is 7.57. The smallest absolute Gasteiger partial charge is 0.325 e. The molecule has 1 saturated carbocycles. The molecular weight excluding hydrogens is 166 g/mol. The summed E-state index contributed by atoms with van der Waals surface area (Å²) in [5.74, 6) is 0. The molecule has 1 aromatic rings. The first kappa shape index (κ1) is 8.56. The lowest BCUT2D eigenvalue weighted by atomic mass is 9.92. The molecule has 0 unspecified atom stereocenters. The molecule has 1 heterocycles. The molecule has 0 bridgehead atoms. The van der Waals surface area contributed by atoms with Gasteiger partial charge in [0.15, 0.2) is 0 Å². The van der Waals surface area contributed by atoms with E-state index in [4.69, 9.17) is 5.73 Å². The van der Waals surface area contributed by atoms with Gasteiger partial charge in [-0.15, -0.1) is 0 Å². The number of hydrogen-bond donors (Lipinski definition) is 2. The fraction of sp³-hybridized carbons (Fsp3) is 0.667. The van der Waals surface area contributed by atoms with Crippen LogP contribution in [-0.2, 0) is 0 Å². The average molecular weight is 181 g/mol. The monoisotopic (exact) mass is 181 g/mol. The van der Waals surface area contributed by atoms with Crippen molar-refractivity contribution >= 4 is 0 Å². The Hall–Kier alpha value is -1.03. The highest BCUT2D eigenvalue weighted by Crippen LogP contribution is 2.25. The molecule has 13 heavy (non-hydrogen) atoms. The Bertz CT molecular complexity index is 320. The van der Waals surface area contributed by atoms with E-state index in [9.17, 15) is 4.79 Å². The van der Waals surface area contributed by atoms with Crippen LogP contribution in [0.4, 0.5) is 0 Å². The molecule has 0 saturated heterocycles. The van der Waals surface area contributed by atoms with Crippen molar-refractivity contribution in [3.63, 3.8) is 0 Å². The third-order valence-corrected chi connectivity index (χ3v) is 2.81. The Kier molecular flexibility index (Phi) is 2.22. The quantitative estimate of drug-likeness (QED) is 0.667. The predicted octanol–water partition coefficient (Wildman–Crippen LogP) is 0.619. The van der Waals surface area contributed by atoms with Crippen molar-refractivity contribution in [2.75, 3.05) is 0 Å². The minimum atomic E-state index is 0.000437. The lowest BCUT2D eigenvalue weighted by Crippen LogP contribution is -2.31. The Morgan fingerprint density at radius 1 is 1.38 bits per heavy atom. The van der Waals surface area contributed by atoms with Crippen molar-refractivity contribution in [3.8, 4) is 0 Å². The molecule has 3 N–H and O–H groups in total. The molecule has 1 aliphatic carbocycles. The second-order valence-corrected chi connectivity index (χ2v) is 3.74. The zero-order valence-corrected chi connectivity index (χ0v) is 7.57. The van der Waals surface area contributed by atoms with Crippen molar-refractivity contribution in [3.05, 3.63) is 22.9 Å². The molecule has 0 aliphatic heterocycles. The number of nitrogens with zero attached hydrogens (tertiary/aromatic N) is 1. The van der Waals surface area contributed by atoms with Crippen molar-refractivity contribution in [1.82, 2.24) is 9.55 Å². The van der Waals surface area contributed by atoms with E-state index in [-0.39, 0.29) is 5.69 Å². The van der Waals surface area contributed by atoms with Gasteiger partial charge in [-0.2, -0.15) is 0 Å². The highest BCUT2D eigenvalue weighted by atomic mass is 16.1. The molecule has 1 aromatic heterocycles. The van der Waals surface area contributed by atoms with Crippen LogP contribution in [0.1, 0.15) is 31.7 Å². The first-order valence-electron chi connectivity index (χ1n) is 4.78. The number of H-pyrrole nitrogens is 1. The second kappa shape index (κ2) is 3.38. The number of rotatable bonds is 1. The van der Waals surface area contributed by atoms with Crippen LogP contribution in [0.15, 0.2) is 17.2 Å². The lowest BCUT2D eigenvalue weighted by molar-refractivity contribution is 0.318. The first-order chi connectivity index (χ1) is 6.27. The molecule has 1 fully saturated rings. The Morgan fingerprint density at radius 2 is 2.08 bits per heavy atom. The number of imidazole rings is 1. The van der Waals surface area contributed by atoms with Crippen molar-refractivity contribution in [2.24, 2.45) is 5.73 Å². The minimum Gasteiger partial charge on any atom is -0.328 e. The van der Waals surface area contributed by atoms with Gasteiger partial charge in [-0.3, -0.25) is 4.57 Å². The third kappa shape index (κ3) is 1.67. The highest BCUT2D eigenvalue weighted by molar-refractivity contribution is 4.85. The molecule has 0 radical (unpaired) electrons. The van der Waals surface area contributed by atoms with E-state index >= 15 is 0 Å². The van der Waals surface area contributed by atoms with E-state index in [0.29, 0.717) is 12.1 Å². The summed E-state index contributed by atoms with van der Waals surface area (Å²) >= 11 is 0. The molecule has 4 nitrogen and oxygen atoms in total. The zero-order chi connectivity index (χ0) is 9.26. The molecule has 2 rings (SSSR count). The van der Waals surface area contributed by atoms with Gasteiger partial charge >= 0.3 is 5.69 Å². The maximum atomic E-state index is 11.3. The van der Waals surface area contributed by atoms with Gasteiger partial charge in [-0.25, -0.2) is 4.79 Å². The van der Waals surface area contributed by atoms with Crippen LogP contribution >= 0.6 is 0 Å². The molecule has 72 valence electrons. The summed E-state index contributed by atoms with van der Waals surface area (Å²) in [4.78, 5) is 13.9. The molecule has 0 spiro atoms. The van der Waals surface area contributed by atoms with Crippen LogP contribution in [0.25, 0.3) is 0 Å². The summed E-state index contributed by atoms with van der Waals surface area (Å²) in [5, 5.41) is 0. The number of nitrogens with one attached hydrogen (secondary N) is 1. The normalized spacial score (nSPS) is 29.0. The molecule has 0 aromatic carbocycles. The number of nitrogens with two attached hydrogens (primary N) is 1. The van der Waals surface area contributed by atoms with Crippen molar-refractivity contribution < 1.29 is 0 Å². The number of aromatic amines is 1. The van der Waals surface area contributed by atoms with Gasteiger partial charge in [0.05, 0.1) is 0 Å². The van der Waals surface area contributed by atoms with E-state index in [1.54, 1.807) is 10.8 Å². The number of aromatic nitrogens is 2. The van der Waals surface area contributed by atoms with E-state index in [0.717, 1.165) is 25.7 Å². The van der Waals surface area contributed by atoms with Gasteiger partial charge in [0.2, 0.25) is 0 Å². The van der Waals surface area contributed by atoms with Crippen LogP contribution in [-0.4, -0.2) is 15.6 Å².